The normalized spacial score (nSPS) is 20.2. The maximum atomic E-state index is 13.3. The van der Waals surface area contributed by atoms with Crippen LogP contribution in [0.4, 0.5) is 11.4 Å². The van der Waals surface area contributed by atoms with Crippen LogP contribution in [0, 0.1) is 0 Å². The minimum atomic E-state index is -0.237. The Balaban J connectivity index is 1.56. The summed E-state index contributed by atoms with van der Waals surface area (Å²) in [7, 11) is 0. The topological polar surface area (TPSA) is 47.0 Å². The van der Waals surface area contributed by atoms with Crippen molar-refractivity contribution in [2.45, 2.75) is 15.3 Å². The third-order valence-electron chi connectivity index (χ3n) is 4.94. The number of alkyl halides is 1. The highest BCUT2D eigenvalue weighted by Gasteiger charge is 2.32. The monoisotopic (exact) mass is 403 g/mol. The van der Waals surface area contributed by atoms with Gasteiger partial charge in [-0.2, -0.15) is 0 Å². The average molecular weight is 404 g/mol. The first-order chi connectivity index (χ1) is 13.2. The van der Waals surface area contributed by atoms with Crippen molar-refractivity contribution in [1.82, 2.24) is 9.80 Å². The molecule has 5 nitrogen and oxygen atoms in total. The first-order valence-corrected chi connectivity index (χ1v) is 10.3. The maximum absolute atomic E-state index is 13.3. The SMILES string of the molecule is O=C(CN1CCN(CCO)CC1Cl)N1c2ccccc2Sc2ccccc21. The van der Waals surface area contributed by atoms with E-state index in [4.69, 9.17) is 16.7 Å². The summed E-state index contributed by atoms with van der Waals surface area (Å²) in [4.78, 5) is 21.4. The van der Waals surface area contributed by atoms with Crippen molar-refractivity contribution in [3.63, 3.8) is 0 Å². The van der Waals surface area contributed by atoms with Crippen LogP contribution in [0.25, 0.3) is 0 Å². The summed E-state index contributed by atoms with van der Waals surface area (Å²) in [6.45, 7) is 3.19. The molecular weight excluding hydrogens is 382 g/mol. The van der Waals surface area contributed by atoms with Gasteiger partial charge in [0.25, 0.3) is 0 Å². The molecule has 1 saturated heterocycles. The summed E-state index contributed by atoms with van der Waals surface area (Å²) in [5.41, 5.74) is 1.62. The molecule has 1 unspecified atom stereocenters. The number of anilines is 2. The molecule has 0 radical (unpaired) electrons. The van der Waals surface area contributed by atoms with Crippen LogP contribution >= 0.6 is 23.4 Å². The Morgan fingerprint density at radius 1 is 1.07 bits per heavy atom. The van der Waals surface area contributed by atoms with Crippen LogP contribution in [0.15, 0.2) is 58.3 Å². The fourth-order valence-electron chi connectivity index (χ4n) is 3.57. The molecule has 1 fully saturated rings. The van der Waals surface area contributed by atoms with Crippen LogP contribution in [-0.4, -0.2) is 65.6 Å². The molecule has 27 heavy (non-hydrogen) atoms. The second-order valence-corrected chi connectivity index (χ2v) is 8.28. The number of amides is 1. The number of β-amino-alcohol motifs (C(OH)–C–C–N with tert-alkyl or cyclic N) is 1. The number of hydrogen-bond donors (Lipinski definition) is 1. The highest BCUT2D eigenvalue weighted by atomic mass is 35.5. The zero-order valence-electron chi connectivity index (χ0n) is 14.9. The second-order valence-electron chi connectivity index (χ2n) is 6.70. The molecule has 1 amide bonds. The quantitative estimate of drug-likeness (QED) is 0.628. The van der Waals surface area contributed by atoms with E-state index in [2.05, 4.69) is 4.90 Å². The summed E-state index contributed by atoms with van der Waals surface area (Å²) in [6, 6.07) is 16.0. The van der Waals surface area contributed by atoms with Crippen LogP contribution in [-0.2, 0) is 4.79 Å². The number of halogens is 1. The van der Waals surface area contributed by atoms with E-state index >= 15 is 0 Å². The molecule has 1 atom stereocenters. The maximum Gasteiger partial charge on any atom is 0.245 e. The van der Waals surface area contributed by atoms with E-state index in [1.54, 1.807) is 11.8 Å². The third-order valence-corrected chi connectivity index (χ3v) is 6.49. The van der Waals surface area contributed by atoms with E-state index in [9.17, 15) is 4.79 Å². The average Bonchev–Trinajstić information content (AvgIpc) is 2.68. The van der Waals surface area contributed by atoms with E-state index < -0.39 is 0 Å². The van der Waals surface area contributed by atoms with E-state index in [-0.39, 0.29) is 24.6 Å². The minimum Gasteiger partial charge on any atom is -0.395 e. The Kier molecular flexibility index (Phi) is 5.71. The van der Waals surface area contributed by atoms with Crippen molar-refractivity contribution in [1.29, 1.82) is 0 Å². The van der Waals surface area contributed by atoms with Gasteiger partial charge in [0, 0.05) is 36.0 Å². The van der Waals surface area contributed by atoms with Crippen LogP contribution in [0.5, 0.6) is 0 Å². The predicted molar refractivity (Wildman–Crippen MR) is 109 cm³/mol. The molecule has 0 saturated carbocycles. The Bertz CT molecular complexity index is 789. The zero-order chi connectivity index (χ0) is 18.8. The van der Waals surface area contributed by atoms with Gasteiger partial charge in [-0.05, 0) is 24.3 Å². The second kappa shape index (κ2) is 8.20. The number of piperazine rings is 1. The molecule has 2 aliphatic rings. The van der Waals surface area contributed by atoms with Crippen LogP contribution in [0.1, 0.15) is 0 Å². The largest absolute Gasteiger partial charge is 0.395 e. The molecule has 0 aliphatic carbocycles. The Labute approximate surface area is 168 Å². The number of nitrogens with zero attached hydrogens (tertiary/aromatic N) is 3. The summed E-state index contributed by atoms with van der Waals surface area (Å²) in [5, 5.41) is 9.11. The van der Waals surface area contributed by atoms with Crippen molar-refractivity contribution in [3.8, 4) is 0 Å². The standard InChI is InChI=1S/C20H22ClN3O2S/c21-19-13-22(11-12-25)9-10-23(19)14-20(26)24-15-5-1-3-7-17(15)27-18-8-4-2-6-16(18)24/h1-8,19,25H,9-14H2. The summed E-state index contributed by atoms with van der Waals surface area (Å²) < 4.78 is 0. The lowest BCUT2D eigenvalue weighted by Gasteiger charge is -2.39. The zero-order valence-corrected chi connectivity index (χ0v) is 16.5. The van der Waals surface area contributed by atoms with E-state index in [0.29, 0.717) is 19.6 Å². The molecule has 2 aromatic rings. The van der Waals surface area contributed by atoms with Gasteiger partial charge in [0.05, 0.1) is 30.0 Å². The lowest BCUT2D eigenvalue weighted by Crippen LogP contribution is -2.54. The molecule has 142 valence electrons. The molecule has 4 rings (SSSR count). The Hall–Kier alpha value is -1.57. The van der Waals surface area contributed by atoms with Gasteiger partial charge >= 0.3 is 0 Å². The molecule has 2 aliphatic heterocycles. The molecular formula is C20H22ClN3O2S. The highest BCUT2D eigenvalue weighted by molar-refractivity contribution is 7.99. The minimum absolute atomic E-state index is 0.0245. The Morgan fingerprint density at radius 3 is 2.30 bits per heavy atom. The lowest BCUT2D eigenvalue weighted by molar-refractivity contribution is -0.119. The van der Waals surface area contributed by atoms with Gasteiger partial charge in [0.1, 0.15) is 0 Å². The smallest absolute Gasteiger partial charge is 0.245 e. The molecule has 0 spiro atoms. The van der Waals surface area contributed by atoms with E-state index in [1.165, 1.54) is 0 Å². The number of para-hydroxylation sites is 2. The molecule has 2 aromatic carbocycles. The molecule has 0 aromatic heterocycles. The fourth-order valence-corrected chi connectivity index (χ4v) is 4.99. The van der Waals surface area contributed by atoms with Crippen LogP contribution < -0.4 is 4.90 Å². The van der Waals surface area contributed by atoms with Gasteiger partial charge in [-0.15, -0.1) is 11.6 Å². The molecule has 1 N–H and O–H groups in total. The van der Waals surface area contributed by atoms with E-state index in [0.717, 1.165) is 27.7 Å². The third kappa shape index (κ3) is 3.86. The summed E-state index contributed by atoms with van der Waals surface area (Å²) >= 11 is 8.22. The van der Waals surface area contributed by atoms with Gasteiger partial charge in [0.2, 0.25) is 5.91 Å². The van der Waals surface area contributed by atoms with Gasteiger partial charge in [-0.25, -0.2) is 0 Å². The first-order valence-electron chi connectivity index (χ1n) is 9.07. The number of aliphatic hydroxyl groups excluding tert-OH is 1. The number of hydrogen-bond acceptors (Lipinski definition) is 5. The number of fused-ring (bicyclic) bond motifs is 2. The number of benzene rings is 2. The highest BCUT2D eigenvalue weighted by Crippen LogP contribution is 2.47. The Morgan fingerprint density at radius 2 is 1.70 bits per heavy atom. The lowest BCUT2D eigenvalue weighted by atomic mass is 10.2. The van der Waals surface area contributed by atoms with Crippen molar-refractivity contribution in [2.24, 2.45) is 0 Å². The predicted octanol–water partition coefficient (Wildman–Crippen LogP) is 2.99. The van der Waals surface area contributed by atoms with Crippen molar-refractivity contribution < 1.29 is 9.90 Å². The van der Waals surface area contributed by atoms with Gasteiger partial charge in [-0.3, -0.25) is 19.5 Å². The summed E-state index contributed by atoms with van der Waals surface area (Å²) in [5.74, 6) is 0.0245. The van der Waals surface area contributed by atoms with Crippen molar-refractivity contribution >= 4 is 40.6 Å². The summed E-state index contributed by atoms with van der Waals surface area (Å²) in [6.07, 6.45) is 0. The number of rotatable bonds is 4. The van der Waals surface area contributed by atoms with Gasteiger partial charge < -0.3 is 5.11 Å². The molecule has 0 bridgehead atoms. The number of carbonyl (C=O) groups excluding carboxylic acids is 1. The van der Waals surface area contributed by atoms with Crippen molar-refractivity contribution in [2.75, 3.05) is 44.2 Å². The molecule has 7 heteroatoms. The fraction of sp³-hybridized carbons (Fsp3) is 0.350. The van der Waals surface area contributed by atoms with Crippen molar-refractivity contribution in [3.05, 3.63) is 48.5 Å². The first kappa shape index (κ1) is 18.8. The molecule has 2 heterocycles. The van der Waals surface area contributed by atoms with Crippen LogP contribution in [0.2, 0.25) is 0 Å². The van der Waals surface area contributed by atoms with Crippen LogP contribution in [0.3, 0.4) is 0 Å². The number of carbonyl (C=O) groups is 1. The number of aliphatic hydroxyl groups is 1. The van der Waals surface area contributed by atoms with Gasteiger partial charge in [-0.1, -0.05) is 36.0 Å². The van der Waals surface area contributed by atoms with Gasteiger partial charge in [0.15, 0.2) is 0 Å². The van der Waals surface area contributed by atoms with E-state index in [1.807, 2.05) is 58.3 Å².